The van der Waals surface area contributed by atoms with E-state index in [0.717, 1.165) is 27.8 Å². The number of rotatable bonds is 4. The molecule has 0 bridgehead atoms. The molecule has 2 N–H and O–H groups in total. The summed E-state index contributed by atoms with van der Waals surface area (Å²) in [4.78, 5) is 18.8. The average Bonchev–Trinajstić information content (AvgIpc) is 2.60. The van der Waals surface area contributed by atoms with E-state index in [2.05, 4.69) is 0 Å². The predicted octanol–water partition coefficient (Wildman–Crippen LogP) is 5.79. The van der Waals surface area contributed by atoms with Gasteiger partial charge in [-0.1, -0.05) is 87.5 Å². The molecule has 0 atom stereocenters. The Morgan fingerprint density at radius 1 is 0.778 bits per heavy atom. The SMILES string of the molecule is CC(C)(C)c1c(OP(=O)(O)O)ccc(-c2ccccc2)c1-c1ccccc1. The van der Waals surface area contributed by atoms with Gasteiger partial charge in [-0.05, 0) is 33.7 Å². The van der Waals surface area contributed by atoms with E-state index < -0.39 is 13.2 Å². The average molecular weight is 382 g/mol. The minimum Gasteiger partial charge on any atom is -0.404 e. The zero-order valence-electron chi connectivity index (χ0n) is 15.6. The Kier molecular flexibility index (Phi) is 5.25. The quantitative estimate of drug-likeness (QED) is 0.561. The Balaban J connectivity index is 2.39. The summed E-state index contributed by atoms with van der Waals surface area (Å²) >= 11 is 0. The van der Waals surface area contributed by atoms with Gasteiger partial charge in [-0.25, -0.2) is 4.57 Å². The van der Waals surface area contributed by atoms with Crippen LogP contribution in [-0.4, -0.2) is 9.79 Å². The van der Waals surface area contributed by atoms with Gasteiger partial charge in [0, 0.05) is 5.56 Å². The molecule has 0 radical (unpaired) electrons. The summed E-state index contributed by atoms with van der Waals surface area (Å²) in [7, 11) is -4.68. The van der Waals surface area contributed by atoms with Gasteiger partial charge in [0.15, 0.2) is 0 Å². The van der Waals surface area contributed by atoms with Crippen molar-refractivity contribution < 1.29 is 18.9 Å². The summed E-state index contributed by atoms with van der Waals surface area (Å²) in [6.45, 7) is 6.03. The third-order valence-electron chi connectivity index (χ3n) is 4.28. The Morgan fingerprint density at radius 2 is 1.30 bits per heavy atom. The minimum atomic E-state index is -4.68. The van der Waals surface area contributed by atoms with Gasteiger partial charge in [-0.3, -0.25) is 9.79 Å². The highest BCUT2D eigenvalue weighted by Crippen LogP contribution is 2.49. The van der Waals surface area contributed by atoms with Crippen molar-refractivity contribution in [3.05, 3.63) is 78.4 Å². The third-order valence-corrected chi connectivity index (χ3v) is 4.72. The van der Waals surface area contributed by atoms with E-state index in [9.17, 15) is 14.4 Å². The van der Waals surface area contributed by atoms with Crippen LogP contribution < -0.4 is 4.52 Å². The van der Waals surface area contributed by atoms with Crippen molar-refractivity contribution in [2.75, 3.05) is 0 Å². The van der Waals surface area contributed by atoms with Crippen LogP contribution in [-0.2, 0) is 9.98 Å². The Hall–Kier alpha value is -2.39. The van der Waals surface area contributed by atoms with E-state index in [1.54, 1.807) is 6.07 Å². The monoisotopic (exact) mass is 382 g/mol. The van der Waals surface area contributed by atoms with Crippen molar-refractivity contribution in [1.82, 2.24) is 0 Å². The fourth-order valence-corrected chi connectivity index (χ4v) is 3.70. The van der Waals surface area contributed by atoms with Crippen LogP contribution in [0.1, 0.15) is 26.3 Å². The van der Waals surface area contributed by atoms with Gasteiger partial charge in [-0.2, -0.15) is 0 Å². The van der Waals surface area contributed by atoms with E-state index in [4.69, 9.17) is 4.52 Å². The maximum atomic E-state index is 11.6. The normalized spacial score (nSPS) is 12.0. The van der Waals surface area contributed by atoms with Crippen molar-refractivity contribution in [2.45, 2.75) is 26.2 Å². The van der Waals surface area contributed by atoms with Gasteiger partial charge in [0.1, 0.15) is 5.75 Å². The maximum absolute atomic E-state index is 11.6. The van der Waals surface area contributed by atoms with Crippen LogP contribution >= 0.6 is 7.82 Å². The summed E-state index contributed by atoms with van der Waals surface area (Å²) in [5.41, 5.74) is 4.27. The van der Waals surface area contributed by atoms with Gasteiger partial charge in [-0.15, -0.1) is 0 Å². The second-order valence-corrected chi connectivity index (χ2v) is 8.59. The van der Waals surface area contributed by atoms with Crippen LogP contribution in [0.4, 0.5) is 0 Å². The molecule has 4 nitrogen and oxygen atoms in total. The van der Waals surface area contributed by atoms with Crippen molar-refractivity contribution in [3.8, 4) is 28.0 Å². The van der Waals surface area contributed by atoms with E-state index in [1.165, 1.54) is 0 Å². The lowest BCUT2D eigenvalue weighted by Gasteiger charge is -2.28. The standard InChI is InChI=1S/C22H23O4P/c1-22(2,3)21-19(26-27(23,24)25)15-14-18(16-10-6-4-7-11-16)20(21)17-12-8-5-9-13-17/h4-15H,1-3H3,(H2,23,24,25). The molecule has 0 spiro atoms. The van der Waals surface area contributed by atoms with Crippen LogP contribution in [0.15, 0.2) is 72.8 Å². The summed E-state index contributed by atoms with van der Waals surface area (Å²) in [5.74, 6) is 0.203. The first-order valence-corrected chi connectivity index (χ1v) is 10.2. The predicted molar refractivity (Wildman–Crippen MR) is 109 cm³/mol. The largest absolute Gasteiger partial charge is 0.524 e. The molecule has 5 heteroatoms. The molecule has 0 aliphatic carbocycles. The molecule has 0 saturated carbocycles. The fourth-order valence-electron chi connectivity index (χ4n) is 3.30. The lowest BCUT2D eigenvalue weighted by molar-refractivity contribution is 0.281. The first kappa shape index (κ1) is 19.4. The highest BCUT2D eigenvalue weighted by molar-refractivity contribution is 7.46. The van der Waals surface area contributed by atoms with Crippen molar-refractivity contribution in [1.29, 1.82) is 0 Å². The van der Waals surface area contributed by atoms with Crippen LogP contribution in [0.3, 0.4) is 0 Å². The lowest BCUT2D eigenvalue weighted by atomic mass is 9.78. The molecular weight excluding hydrogens is 359 g/mol. The van der Waals surface area contributed by atoms with E-state index >= 15 is 0 Å². The topological polar surface area (TPSA) is 66.8 Å². The maximum Gasteiger partial charge on any atom is 0.524 e. The van der Waals surface area contributed by atoms with Gasteiger partial charge in [0.25, 0.3) is 0 Å². The molecule has 27 heavy (non-hydrogen) atoms. The van der Waals surface area contributed by atoms with Gasteiger partial charge in [0.2, 0.25) is 0 Å². The second kappa shape index (κ2) is 7.32. The lowest BCUT2D eigenvalue weighted by Crippen LogP contribution is -2.15. The van der Waals surface area contributed by atoms with Gasteiger partial charge in [0.05, 0.1) is 0 Å². The molecule has 0 unspecified atom stereocenters. The summed E-state index contributed by atoms with van der Waals surface area (Å²) in [6, 6.07) is 23.3. The van der Waals surface area contributed by atoms with Gasteiger partial charge < -0.3 is 4.52 Å². The Labute approximate surface area is 159 Å². The van der Waals surface area contributed by atoms with Crippen LogP contribution in [0.25, 0.3) is 22.3 Å². The molecule has 3 aromatic rings. The Bertz CT molecular complexity index is 970. The molecule has 3 aromatic carbocycles. The molecule has 0 fully saturated rings. The number of hydrogen-bond acceptors (Lipinski definition) is 2. The van der Waals surface area contributed by atoms with Crippen LogP contribution in [0.5, 0.6) is 5.75 Å². The first-order valence-electron chi connectivity index (χ1n) is 8.70. The summed E-state index contributed by atoms with van der Waals surface area (Å²) in [6.07, 6.45) is 0. The molecule has 0 saturated heterocycles. The highest BCUT2D eigenvalue weighted by Gasteiger charge is 2.29. The van der Waals surface area contributed by atoms with Crippen molar-refractivity contribution in [3.63, 3.8) is 0 Å². The first-order chi connectivity index (χ1) is 12.7. The third kappa shape index (κ3) is 4.48. The van der Waals surface area contributed by atoms with E-state index in [0.29, 0.717) is 0 Å². The molecule has 0 aliphatic rings. The molecule has 0 aromatic heterocycles. The van der Waals surface area contributed by atoms with Gasteiger partial charge >= 0.3 is 7.82 Å². The number of benzene rings is 3. The summed E-state index contributed by atoms with van der Waals surface area (Å²) < 4.78 is 16.6. The molecule has 140 valence electrons. The van der Waals surface area contributed by atoms with Crippen LogP contribution in [0.2, 0.25) is 0 Å². The zero-order valence-corrected chi connectivity index (χ0v) is 16.5. The number of phosphoric ester groups is 1. The molecular formula is C22H23O4P. The van der Waals surface area contributed by atoms with E-state index in [-0.39, 0.29) is 5.75 Å². The van der Waals surface area contributed by atoms with Crippen molar-refractivity contribution >= 4 is 7.82 Å². The fraction of sp³-hybridized carbons (Fsp3) is 0.182. The highest BCUT2D eigenvalue weighted by atomic mass is 31.2. The zero-order chi connectivity index (χ0) is 19.7. The Morgan fingerprint density at radius 3 is 1.78 bits per heavy atom. The number of hydrogen-bond donors (Lipinski definition) is 2. The second-order valence-electron chi connectivity index (χ2n) is 7.43. The number of phosphoric acid groups is 1. The van der Waals surface area contributed by atoms with Crippen LogP contribution in [0, 0.1) is 0 Å². The van der Waals surface area contributed by atoms with E-state index in [1.807, 2.05) is 87.5 Å². The minimum absolute atomic E-state index is 0.203. The molecule has 0 aliphatic heterocycles. The smallest absolute Gasteiger partial charge is 0.404 e. The molecule has 0 heterocycles. The molecule has 0 amide bonds. The summed E-state index contributed by atoms with van der Waals surface area (Å²) in [5, 5.41) is 0. The van der Waals surface area contributed by atoms with Crippen molar-refractivity contribution in [2.24, 2.45) is 0 Å². The molecule has 3 rings (SSSR count).